The molecule has 3 aliphatic heterocycles. The Hall–Kier alpha value is -4.07. The number of aliphatic imine (C=N–C) groups is 2. The van der Waals surface area contributed by atoms with Gasteiger partial charge >= 0.3 is 12.0 Å². The third-order valence-corrected chi connectivity index (χ3v) is 5.17. The number of guanidine groups is 1. The maximum absolute atomic E-state index is 12.8. The zero-order chi connectivity index (χ0) is 22.7. The van der Waals surface area contributed by atoms with Crippen molar-refractivity contribution in [3.05, 3.63) is 42.0 Å². The van der Waals surface area contributed by atoms with E-state index in [1.165, 1.54) is 18.6 Å². The highest BCUT2D eigenvalue weighted by atomic mass is 19.4. The molecule has 0 radical (unpaired) electrons. The molecule has 3 aliphatic rings. The number of nitrogens with one attached hydrogen (secondary N) is 4. The van der Waals surface area contributed by atoms with Crippen molar-refractivity contribution < 1.29 is 22.7 Å². The van der Waals surface area contributed by atoms with E-state index < -0.39 is 22.1 Å². The lowest BCUT2D eigenvalue weighted by atomic mass is 9.86. The van der Waals surface area contributed by atoms with Crippen LogP contribution < -0.4 is 16.1 Å². The van der Waals surface area contributed by atoms with Crippen molar-refractivity contribution in [2.45, 2.75) is 25.4 Å². The molecule has 0 spiro atoms. The summed E-state index contributed by atoms with van der Waals surface area (Å²) in [5.41, 5.74) is 4.24. The van der Waals surface area contributed by atoms with E-state index in [0.717, 1.165) is 5.56 Å². The number of anilines is 3. The zero-order valence-corrected chi connectivity index (χ0v) is 16.7. The van der Waals surface area contributed by atoms with Crippen molar-refractivity contribution in [1.82, 2.24) is 15.2 Å². The highest BCUT2D eigenvalue weighted by Gasteiger charge is 2.44. The average molecular weight is 445 g/mol. The average Bonchev–Trinajstić information content (AvgIpc) is 3.37. The molecular weight excluding hydrogens is 429 g/mol. The number of hydrogen-bond donors (Lipinski definition) is 4. The molecule has 1 atom stereocenters. The number of nitrogens with zero attached hydrogens (tertiary/aromatic N) is 6. The van der Waals surface area contributed by atoms with Crippen LogP contribution in [0, 0.1) is 0 Å². The predicted octanol–water partition coefficient (Wildman–Crippen LogP) is 2.55. The van der Waals surface area contributed by atoms with E-state index in [0.29, 0.717) is 11.4 Å². The van der Waals surface area contributed by atoms with Crippen LogP contribution in [0.4, 0.5) is 30.5 Å². The second-order valence-electron chi connectivity index (χ2n) is 7.74. The van der Waals surface area contributed by atoms with Crippen molar-refractivity contribution >= 4 is 41.2 Å². The zero-order valence-electron chi connectivity index (χ0n) is 16.7. The van der Waals surface area contributed by atoms with Gasteiger partial charge in [-0.1, -0.05) is 6.07 Å². The minimum absolute atomic E-state index is 0.0972. The van der Waals surface area contributed by atoms with Gasteiger partial charge in [0.15, 0.2) is 6.20 Å². The van der Waals surface area contributed by atoms with Crippen LogP contribution in [-0.2, 0) is 16.4 Å². The van der Waals surface area contributed by atoms with Crippen LogP contribution in [0.3, 0.4) is 0 Å². The largest absolute Gasteiger partial charge is 0.451 e. The van der Waals surface area contributed by atoms with Gasteiger partial charge in [0.2, 0.25) is 11.7 Å². The molecule has 1 aromatic heterocycles. The van der Waals surface area contributed by atoms with Gasteiger partial charge in [0.25, 0.3) is 11.9 Å². The van der Waals surface area contributed by atoms with Crippen molar-refractivity contribution in [3.8, 4) is 0 Å². The number of hydrogen-bond acceptors (Lipinski definition) is 8. The van der Waals surface area contributed by atoms with Gasteiger partial charge in [-0.3, -0.25) is 14.9 Å². The molecule has 5 rings (SSSR count). The van der Waals surface area contributed by atoms with Gasteiger partial charge < -0.3 is 10.6 Å². The predicted molar refractivity (Wildman–Crippen MR) is 109 cm³/mol. The number of amides is 1. The maximum atomic E-state index is 12.8. The molecule has 4 N–H and O–H groups in total. The number of aromatic nitrogens is 3. The lowest BCUT2D eigenvalue weighted by Crippen LogP contribution is -2.48. The maximum Gasteiger partial charge on any atom is 0.451 e. The summed E-state index contributed by atoms with van der Waals surface area (Å²) in [5.74, 6) is -1.21. The molecule has 1 aromatic carbocycles. The number of alkyl halides is 3. The number of H-pyrrole nitrogens is 1. The SMILES string of the molecule is CC1(C)C(=O)Nc2cc(NC3=N[N+]4(Nc5n[nH]c(C(F)(F)F)n5)C=CN=CC4=N3)ccc21. The molecule has 164 valence electrons. The van der Waals surface area contributed by atoms with Crippen LogP contribution in [0.1, 0.15) is 25.2 Å². The summed E-state index contributed by atoms with van der Waals surface area (Å²) in [5, 5.41) is 15.7. The van der Waals surface area contributed by atoms with Gasteiger partial charge in [0.1, 0.15) is 6.21 Å². The number of quaternary nitrogens is 1. The van der Waals surface area contributed by atoms with E-state index >= 15 is 0 Å². The van der Waals surface area contributed by atoms with Gasteiger partial charge in [-0.15, -0.1) is 10.1 Å². The smallest absolute Gasteiger partial charge is 0.325 e. The topological polar surface area (TPSA) is 132 Å². The van der Waals surface area contributed by atoms with E-state index in [9.17, 15) is 18.0 Å². The van der Waals surface area contributed by atoms with E-state index in [-0.39, 0.29) is 23.7 Å². The van der Waals surface area contributed by atoms with Gasteiger partial charge in [0.05, 0.1) is 11.6 Å². The lowest BCUT2D eigenvalue weighted by Gasteiger charge is -2.22. The van der Waals surface area contributed by atoms with Crippen molar-refractivity contribution in [1.29, 1.82) is 0 Å². The standard InChI is InChI=1S/C18H15F3N10O/c1-17(2)10-4-3-9(7-11(10)24-14(17)32)23-15-25-12-8-22-5-6-31(12,29-15)30-16-26-13(27-28-16)18(19,20)21/h3-8H,1-2H3,(H3-,22,23,24,25,26,27,28,29,30,32)/p+1. The summed E-state index contributed by atoms with van der Waals surface area (Å²) in [7, 11) is 0. The number of benzene rings is 1. The van der Waals surface area contributed by atoms with Gasteiger partial charge in [0, 0.05) is 11.4 Å². The van der Waals surface area contributed by atoms with Crippen LogP contribution in [0.2, 0.25) is 0 Å². The van der Waals surface area contributed by atoms with Gasteiger partial charge in [-0.25, -0.2) is 0 Å². The van der Waals surface area contributed by atoms with Gasteiger partial charge in [-0.05, 0) is 41.3 Å². The molecular formula is C18H16F3N10O+. The molecule has 32 heavy (non-hydrogen) atoms. The van der Waals surface area contributed by atoms with Crippen molar-refractivity contribution in [2.75, 3.05) is 16.1 Å². The fourth-order valence-electron chi connectivity index (χ4n) is 3.44. The monoisotopic (exact) mass is 445 g/mol. The minimum atomic E-state index is -4.67. The van der Waals surface area contributed by atoms with E-state index in [4.69, 9.17) is 0 Å². The number of rotatable bonds is 3. The Morgan fingerprint density at radius 1 is 1.22 bits per heavy atom. The highest BCUT2D eigenvalue weighted by molar-refractivity contribution is 6.31. The Morgan fingerprint density at radius 3 is 2.78 bits per heavy atom. The first-order chi connectivity index (χ1) is 15.1. The number of amidine groups is 1. The fraction of sp³-hybridized carbons (Fsp3) is 0.222. The summed E-state index contributed by atoms with van der Waals surface area (Å²) < 4.78 is 38.0. The third-order valence-electron chi connectivity index (χ3n) is 5.17. The Kier molecular flexibility index (Phi) is 4.01. The first-order valence-corrected chi connectivity index (χ1v) is 9.37. The summed E-state index contributed by atoms with van der Waals surface area (Å²) in [6.07, 6.45) is -0.360. The summed E-state index contributed by atoms with van der Waals surface area (Å²) in [6, 6.07) is 5.38. The first-order valence-electron chi connectivity index (χ1n) is 9.37. The van der Waals surface area contributed by atoms with E-state index in [2.05, 4.69) is 41.2 Å². The molecule has 1 unspecified atom stereocenters. The van der Waals surface area contributed by atoms with Gasteiger partial charge in [-0.2, -0.15) is 23.6 Å². The second-order valence-corrected chi connectivity index (χ2v) is 7.74. The molecule has 0 bridgehead atoms. The quantitative estimate of drug-likeness (QED) is 0.539. The number of aromatic amines is 1. The van der Waals surface area contributed by atoms with Crippen LogP contribution in [0.5, 0.6) is 0 Å². The molecule has 2 aromatic rings. The molecule has 14 heteroatoms. The van der Waals surface area contributed by atoms with Crippen LogP contribution >= 0.6 is 0 Å². The Bertz CT molecular complexity index is 1260. The molecule has 4 heterocycles. The third kappa shape index (κ3) is 3.11. The summed E-state index contributed by atoms with van der Waals surface area (Å²) in [6.45, 7) is 3.68. The highest BCUT2D eigenvalue weighted by Crippen LogP contribution is 2.38. The number of fused-ring (bicyclic) bond motifs is 2. The normalized spacial score (nSPS) is 22.7. The summed E-state index contributed by atoms with van der Waals surface area (Å²) in [4.78, 5) is 23.9. The Morgan fingerprint density at radius 2 is 2.03 bits per heavy atom. The van der Waals surface area contributed by atoms with E-state index in [1.807, 2.05) is 25.0 Å². The molecule has 1 amide bonds. The Labute approximate surface area is 178 Å². The number of carbonyl (C=O) groups excluding carboxylic acids is 1. The minimum Gasteiger partial charge on any atom is -0.325 e. The number of carbonyl (C=O) groups is 1. The molecule has 0 fully saturated rings. The molecule has 0 aliphatic carbocycles. The molecule has 11 nitrogen and oxygen atoms in total. The number of halogens is 3. The second kappa shape index (κ2) is 6.46. The Balaban J connectivity index is 1.42. The molecule has 0 saturated carbocycles. The van der Waals surface area contributed by atoms with Crippen LogP contribution in [-0.4, -0.2) is 43.8 Å². The first kappa shape index (κ1) is 19.9. The van der Waals surface area contributed by atoms with Crippen LogP contribution in [0.25, 0.3) is 0 Å². The van der Waals surface area contributed by atoms with Crippen molar-refractivity contribution in [3.63, 3.8) is 0 Å². The van der Waals surface area contributed by atoms with Crippen molar-refractivity contribution in [2.24, 2.45) is 15.1 Å². The van der Waals surface area contributed by atoms with E-state index in [1.54, 1.807) is 12.1 Å². The summed E-state index contributed by atoms with van der Waals surface area (Å²) >= 11 is 0. The fourth-order valence-corrected chi connectivity index (χ4v) is 3.44. The van der Waals surface area contributed by atoms with Crippen LogP contribution in [0.15, 0.2) is 45.7 Å². The lowest BCUT2D eigenvalue weighted by molar-refractivity contribution is -0.766. The molecule has 0 saturated heterocycles.